The van der Waals surface area contributed by atoms with Crippen LogP contribution in [0.25, 0.3) is 0 Å². The van der Waals surface area contributed by atoms with Gasteiger partial charge in [-0.15, -0.1) is 0 Å². The third-order valence-electron chi connectivity index (χ3n) is 3.15. The number of carbonyl (C=O) groups excluding carboxylic acids is 2. The zero-order chi connectivity index (χ0) is 14.0. The van der Waals surface area contributed by atoms with E-state index in [-0.39, 0.29) is 5.56 Å². The summed E-state index contributed by atoms with van der Waals surface area (Å²) >= 11 is 3.14. The van der Waals surface area contributed by atoms with E-state index in [2.05, 4.69) is 20.7 Å². The van der Waals surface area contributed by atoms with Crippen LogP contribution in [0.2, 0.25) is 0 Å². The van der Waals surface area contributed by atoms with Crippen LogP contribution in [0.4, 0.5) is 4.39 Å². The maximum absolute atomic E-state index is 13.8. The molecule has 19 heavy (non-hydrogen) atoms. The third-order valence-corrected chi connectivity index (χ3v) is 3.64. The van der Waals surface area contributed by atoms with Gasteiger partial charge < -0.3 is 9.64 Å². The summed E-state index contributed by atoms with van der Waals surface area (Å²) < 4.78 is 19.0. The summed E-state index contributed by atoms with van der Waals surface area (Å²) in [7, 11) is 1.28. The maximum Gasteiger partial charge on any atom is 0.328 e. The van der Waals surface area contributed by atoms with Crippen molar-refractivity contribution in [1.29, 1.82) is 0 Å². The number of rotatable bonds is 2. The number of benzene rings is 1. The number of esters is 1. The van der Waals surface area contributed by atoms with E-state index in [4.69, 9.17) is 0 Å². The molecule has 0 saturated carbocycles. The SMILES string of the molecule is COC(=O)[C@H]1CCCN1C(=O)c1ccc(Br)cc1F. The van der Waals surface area contributed by atoms with Crippen molar-refractivity contribution in [3.63, 3.8) is 0 Å². The first kappa shape index (κ1) is 14.0. The summed E-state index contributed by atoms with van der Waals surface area (Å²) in [6, 6.07) is 3.63. The number of nitrogens with zero attached hydrogens (tertiary/aromatic N) is 1. The van der Waals surface area contributed by atoms with Gasteiger partial charge in [0.05, 0.1) is 12.7 Å². The molecular weight excluding hydrogens is 317 g/mol. The van der Waals surface area contributed by atoms with Crippen LogP contribution in [0, 0.1) is 5.82 Å². The number of methoxy groups -OCH3 is 1. The summed E-state index contributed by atoms with van der Waals surface area (Å²) in [5, 5.41) is 0. The first-order valence-corrected chi connectivity index (χ1v) is 6.67. The fourth-order valence-electron chi connectivity index (χ4n) is 2.21. The van der Waals surface area contributed by atoms with E-state index in [1.165, 1.54) is 24.1 Å². The Morgan fingerprint density at radius 3 is 2.84 bits per heavy atom. The first-order valence-electron chi connectivity index (χ1n) is 5.88. The molecule has 2 rings (SSSR count). The molecule has 102 valence electrons. The molecule has 1 aromatic carbocycles. The molecule has 0 radical (unpaired) electrons. The lowest BCUT2D eigenvalue weighted by molar-refractivity contribution is -0.145. The van der Waals surface area contributed by atoms with Gasteiger partial charge >= 0.3 is 5.97 Å². The number of hydrogen-bond acceptors (Lipinski definition) is 3. The van der Waals surface area contributed by atoms with Crippen molar-refractivity contribution in [1.82, 2.24) is 4.90 Å². The standard InChI is InChI=1S/C13H13BrFNO3/c1-19-13(18)11-3-2-6-16(11)12(17)9-5-4-8(14)7-10(9)15/h4-5,7,11H,2-3,6H2,1H3/t11-/m1/s1. The fourth-order valence-corrected chi connectivity index (χ4v) is 2.54. The fraction of sp³-hybridized carbons (Fsp3) is 0.385. The van der Waals surface area contributed by atoms with E-state index in [0.717, 1.165) is 0 Å². The molecule has 4 nitrogen and oxygen atoms in total. The van der Waals surface area contributed by atoms with Crippen LogP contribution in [0.15, 0.2) is 22.7 Å². The molecular formula is C13H13BrFNO3. The molecule has 0 N–H and O–H groups in total. The molecule has 1 amide bonds. The number of halogens is 2. The highest BCUT2D eigenvalue weighted by atomic mass is 79.9. The van der Waals surface area contributed by atoms with E-state index < -0.39 is 23.7 Å². The number of likely N-dealkylation sites (tertiary alicyclic amines) is 1. The average Bonchev–Trinajstić information content (AvgIpc) is 2.86. The Balaban J connectivity index is 2.25. The summed E-state index contributed by atoms with van der Waals surface area (Å²) in [6.07, 6.45) is 1.26. The van der Waals surface area contributed by atoms with Crippen molar-refractivity contribution in [2.75, 3.05) is 13.7 Å². The van der Waals surface area contributed by atoms with Crippen LogP contribution in [0.5, 0.6) is 0 Å². The molecule has 6 heteroatoms. The monoisotopic (exact) mass is 329 g/mol. The highest BCUT2D eigenvalue weighted by Crippen LogP contribution is 2.23. The second-order valence-corrected chi connectivity index (χ2v) is 5.22. The van der Waals surface area contributed by atoms with Crippen LogP contribution < -0.4 is 0 Å². The lowest BCUT2D eigenvalue weighted by Gasteiger charge is -2.22. The molecule has 0 aromatic heterocycles. The van der Waals surface area contributed by atoms with Crippen molar-refractivity contribution in [2.45, 2.75) is 18.9 Å². The first-order chi connectivity index (χ1) is 9.04. The van der Waals surface area contributed by atoms with Gasteiger partial charge in [0.25, 0.3) is 5.91 Å². The lowest BCUT2D eigenvalue weighted by atomic mass is 10.1. The summed E-state index contributed by atoms with van der Waals surface area (Å²) in [4.78, 5) is 25.2. The van der Waals surface area contributed by atoms with E-state index in [1.807, 2.05) is 0 Å². The Hall–Kier alpha value is -1.43. The summed E-state index contributed by atoms with van der Waals surface area (Å²) in [6.45, 7) is 0.439. The van der Waals surface area contributed by atoms with E-state index in [9.17, 15) is 14.0 Å². The number of hydrogen-bond donors (Lipinski definition) is 0. The van der Waals surface area contributed by atoms with Crippen molar-refractivity contribution < 1.29 is 18.7 Å². The largest absolute Gasteiger partial charge is 0.467 e. The van der Waals surface area contributed by atoms with E-state index in [0.29, 0.717) is 23.9 Å². The van der Waals surface area contributed by atoms with Gasteiger partial charge in [-0.25, -0.2) is 9.18 Å². The van der Waals surface area contributed by atoms with Crippen molar-refractivity contribution in [3.05, 3.63) is 34.1 Å². The smallest absolute Gasteiger partial charge is 0.328 e. The average molecular weight is 330 g/mol. The van der Waals surface area contributed by atoms with Crippen LogP contribution >= 0.6 is 15.9 Å². The van der Waals surface area contributed by atoms with Crippen molar-refractivity contribution in [3.8, 4) is 0 Å². The van der Waals surface area contributed by atoms with Crippen LogP contribution in [-0.4, -0.2) is 36.5 Å². The van der Waals surface area contributed by atoms with Gasteiger partial charge in [0.1, 0.15) is 11.9 Å². The Morgan fingerprint density at radius 1 is 1.47 bits per heavy atom. The molecule has 0 aliphatic carbocycles. The Kier molecular flexibility index (Phi) is 4.19. The van der Waals surface area contributed by atoms with Gasteiger partial charge in [0.2, 0.25) is 0 Å². The predicted molar refractivity (Wildman–Crippen MR) is 70.2 cm³/mol. The molecule has 1 aliphatic rings. The topological polar surface area (TPSA) is 46.6 Å². The van der Waals surface area contributed by atoms with Crippen molar-refractivity contribution in [2.24, 2.45) is 0 Å². The Morgan fingerprint density at radius 2 is 2.21 bits per heavy atom. The minimum atomic E-state index is -0.611. The van der Waals surface area contributed by atoms with Gasteiger partial charge in [-0.3, -0.25) is 4.79 Å². The van der Waals surface area contributed by atoms with E-state index in [1.54, 1.807) is 6.07 Å². The van der Waals surface area contributed by atoms with Gasteiger partial charge in [0.15, 0.2) is 0 Å². The summed E-state index contributed by atoms with van der Waals surface area (Å²) in [5.74, 6) is -1.53. The van der Waals surface area contributed by atoms with Crippen LogP contribution in [0.1, 0.15) is 23.2 Å². The minimum absolute atomic E-state index is 0.0287. The molecule has 1 aliphatic heterocycles. The Labute approximate surface area is 118 Å². The molecule has 1 fully saturated rings. The zero-order valence-corrected chi connectivity index (χ0v) is 11.9. The molecule has 1 atom stereocenters. The normalized spacial score (nSPS) is 18.5. The number of amides is 1. The third kappa shape index (κ3) is 2.78. The lowest BCUT2D eigenvalue weighted by Crippen LogP contribution is -2.41. The van der Waals surface area contributed by atoms with Crippen molar-refractivity contribution >= 4 is 27.8 Å². The molecule has 0 unspecified atom stereocenters. The zero-order valence-electron chi connectivity index (χ0n) is 10.4. The number of carbonyl (C=O) groups is 2. The molecule has 1 heterocycles. The molecule has 1 aromatic rings. The van der Waals surface area contributed by atoms with E-state index >= 15 is 0 Å². The highest BCUT2D eigenvalue weighted by molar-refractivity contribution is 9.10. The van der Waals surface area contributed by atoms with Crippen LogP contribution in [0.3, 0.4) is 0 Å². The van der Waals surface area contributed by atoms with Gasteiger partial charge in [-0.2, -0.15) is 0 Å². The quantitative estimate of drug-likeness (QED) is 0.782. The number of ether oxygens (including phenoxy) is 1. The summed E-state index contributed by atoms with van der Waals surface area (Å²) in [5.41, 5.74) is -0.0287. The predicted octanol–water partition coefficient (Wildman–Crippen LogP) is 2.37. The van der Waals surface area contributed by atoms with Gasteiger partial charge in [-0.05, 0) is 31.0 Å². The van der Waals surface area contributed by atoms with Crippen LogP contribution in [-0.2, 0) is 9.53 Å². The molecule has 1 saturated heterocycles. The second kappa shape index (κ2) is 5.69. The van der Waals surface area contributed by atoms with Gasteiger partial charge in [0, 0.05) is 11.0 Å². The Bertz CT molecular complexity index is 521. The minimum Gasteiger partial charge on any atom is -0.467 e. The highest BCUT2D eigenvalue weighted by Gasteiger charge is 2.36. The maximum atomic E-state index is 13.8. The molecule has 0 bridgehead atoms. The second-order valence-electron chi connectivity index (χ2n) is 4.30. The van der Waals surface area contributed by atoms with Gasteiger partial charge in [-0.1, -0.05) is 15.9 Å². The molecule has 0 spiro atoms.